The topological polar surface area (TPSA) is 160 Å². The normalized spacial score (nSPS) is 10.6. The molecule has 0 radical (unpaired) electrons. The summed E-state index contributed by atoms with van der Waals surface area (Å²) in [6.45, 7) is -1.06. The van der Waals surface area contributed by atoms with E-state index in [2.05, 4.69) is 25.3 Å². The molecule has 0 atom stereocenters. The number of rotatable bonds is 11. The summed E-state index contributed by atoms with van der Waals surface area (Å²) in [5.41, 5.74) is 0. The summed E-state index contributed by atoms with van der Waals surface area (Å²) in [6, 6.07) is 0. The van der Waals surface area contributed by atoms with E-state index in [0.29, 0.717) is 0 Å². The molecule has 11 nitrogen and oxygen atoms in total. The lowest BCUT2D eigenvalue weighted by Crippen LogP contribution is -2.30. The summed E-state index contributed by atoms with van der Waals surface area (Å²) in [5, 5.41) is 15.4. The number of nitrogens with zero attached hydrogens (tertiary/aromatic N) is 1. The number of nitrogens with one attached hydrogen (secondary N) is 2. The Balaban J connectivity index is 3.79. The van der Waals surface area contributed by atoms with Crippen LogP contribution in [0, 0.1) is 4.91 Å². The Morgan fingerprint density at radius 2 is 1.50 bits per heavy atom. The van der Waals surface area contributed by atoms with E-state index in [-0.39, 0.29) is 39.5 Å². The van der Waals surface area contributed by atoms with Crippen LogP contribution in [-0.4, -0.2) is 76.7 Å². The van der Waals surface area contributed by atoms with E-state index in [1.165, 1.54) is 0 Å². The first-order valence-electron chi connectivity index (χ1n) is 6.33. The third kappa shape index (κ3) is 11.8. The van der Waals surface area contributed by atoms with Crippen LogP contribution in [0.4, 0.5) is 9.59 Å². The zero-order valence-corrected chi connectivity index (χ0v) is 12.6. The molecule has 0 aromatic carbocycles. The van der Waals surface area contributed by atoms with Gasteiger partial charge in [0.25, 0.3) is 0 Å². The molecule has 22 heavy (non-hydrogen) atoms. The van der Waals surface area contributed by atoms with Crippen LogP contribution in [0.3, 0.4) is 0 Å². The van der Waals surface area contributed by atoms with Gasteiger partial charge in [-0.3, -0.25) is 0 Å². The van der Waals surface area contributed by atoms with Crippen LogP contribution in [0.5, 0.6) is 0 Å². The van der Waals surface area contributed by atoms with Gasteiger partial charge in [0.2, 0.25) is 0 Å². The highest BCUT2D eigenvalue weighted by Crippen LogP contribution is 1.93. The first-order chi connectivity index (χ1) is 10.4. The quantitative estimate of drug-likeness (QED) is 0.306. The maximum Gasteiger partial charge on any atom is 0.407 e. The molecule has 0 aliphatic heterocycles. The Morgan fingerprint density at radius 1 is 1.00 bits per heavy atom. The van der Waals surface area contributed by atoms with Gasteiger partial charge in [0.1, 0.15) is 13.2 Å². The highest BCUT2D eigenvalue weighted by atomic mass is 32.2. The molecule has 128 valence electrons. The largest absolute Gasteiger partial charge is 0.448 e. The minimum absolute atomic E-state index is 0.00583. The fraction of sp³-hybridized carbons (Fsp3) is 0.800. The molecule has 0 rings (SSSR count). The first kappa shape index (κ1) is 20.1. The molecule has 0 aliphatic rings. The van der Waals surface area contributed by atoms with Gasteiger partial charge in [0.05, 0.1) is 24.7 Å². The van der Waals surface area contributed by atoms with Crippen molar-refractivity contribution in [3.8, 4) is 0 Å². The molecule has 0 bridgehead atoms. The van der Waals surface area contributed by atoms with Crippen molar-refractivity contribution in [2.24, 2.45) is 5.18 Å². The Bertz CT molecular complexity index is 453. The fourth-order valence-electron chi connectivity index (χ4n) is 1.09. The van der Waals surface area contributed by atoms with Crippen molar-refractivity contribution < 1.29 is 32.6 Å². The van der Waals surface area contributed by atoms with Gasteiger partial charge < -0.3 is 25.2 Å². The summed E-state index contributed by atoms with van der Waals surface area (Å²) in [5.74, 6) is -0.840. The highest BCUT2D eigenvalue weighted by molar-refractivity contribution is 7.91. The molecule has 0 unspecified atom stereocenters. The maximum atomic E-state index is 11.5. The van der Waals surface area contributed by atoms with Crippen LogP contribution in [0.1, 0.15) is 0 Å². The van der Waals surface area contributed by atoms with Gasteiger partial charge in [-0.05, 0) is 0 Å². The summed E-state index contributed by atoms with van der Waals surface area (Å²) in [7, 11) is -3.55. The van der Waals surface area contributed by atoms with Gasteiger partial charge in [-0.2, -0.15) is 4.91 Å². The Labute approximate surface area is 127 Å². The van der Waals surface area contributed by atoms with Gasteiger partial charge >= 0.3 is 12.2 Å². The molecular weight excluding hydrogens is 322 g/mol. The molecule has 0 heterocycles. The molecule has 12 heteroatoms. The number of aliphatic hydroxyl groups excluding tert-OH is 1. The second kappa shape index (κ2) is 11.7. The molecule has 0 aliphatic carbocycles. The second-order valence-corrected chi connectivity index (χ2v) is 6.16. The molecule has 0 fully saturated rings. The van der Waals surface area contributed by atoms with Crippen LogP contribution in [-0.2, 0) is 19.3 Å². The summed E-state index contributed by atoms with van der Waals surface area (Å²) in [4.78, 5) is 31.8. The van der Waals surface area contributed by atoms with Gasteiger partial charge in [-0.15, -0.1) is 0 Å². The highest BCUT2D eigenvalue weighted by Gasteiger charge is 2.13. The number of amides is 2. The molecule has 2 amide bonds. The number of aliphatic hydroxyl groups is 1. The first-order valence-corrected chi connectivity index (χ1v) is 8.15. The van der Waals surface area contributed by atoms with E-state index in [1.807, 2.05) is 0 Å². The molecule has 0 aromatic rings. The average molecular weight is 341 g/mol. The van der Waals surface area contributed by atoms with Gasteiger partial charge in [0, 0.05) is 13.1 Å². The summed E-state index contributed by atoms with van der Waals surface area (Å²) < 4.78 is 32.3. The van der Waals surface area contributed by atoms with E-state index in [9.17, 15) is 22.9 Å². The van der Waals surface area contributed by atoms with Crippen molar-refractivity contribution in [1.29, 1.82) is 0 Å². The number of ether oxygens (including phenoxy) is 2. The lowest BCUT2D eigenvalue weighted by molar-refractivity contribution is 0.149. The zero-order chi connectivity index (χ0) is 16.8. The molecular formula is C10H19N3O8S. The van der Waals surface area contributed by atoms with E-state index in [1.54, 1.807) is 0 Å². The lowest BCUT2D eigenvalue weighted by Gasteiger charge is -2.08. The SMILES string of the molecule is O=NCCNC(=O)OCCS(=O)(=O)CCOC(=O)NCCO. The summed E-state index contributed by atoms with van der Waals surface area (Å²) in [6.07, 6.45) is -1.68. The Hall–Kier alpha value is -1.95. The van der Waals surface area contributed by atoms with Crippen molar-refractivity contribution in [3.63, 3.8) is 0 Å². The predicted molar refractivity (Wildman–Crippen MR) is 75.1 cm³/mol. The molecule has 0 saturated heterocycles. The number of sulfone groups is 1. The molecule has 3 N–H and O–H groups in total. The molecule has 0 spiro atoms. The van der Waals surface area contributed by atoms with E-state index < -0.39 is 33.5 Å². The van der Waals surface area contributed by atoms with Crippen LogP contribution < -0.4 is 10.6 Å². The fourth-order valence-corrected chi connectivity index (χ4v) is 1.97. The third-order valence-corrected chi connectivity index (χ3v) is 3.69. The van der Waals surface area contributed by atoms with Crippen LogP contribution in [0.2, 0.25) is 0 Å². The van der Waals surface area contributed by atoms with E-state index >= 15 is 0 Å². The maximum absolute atomic E-state index is 11.5. The van der Waals surface area contributed by atoms with Crippen molar-refractivity contribution in [2.45, 2.75) is 0 Å². The number of nitroso groups, excluding NO2 is 1. The Morgan fingerprint density at radius 3 is 1.95 bits per heavy atom. The lowest BCUT2D eigenvalue weighted by atomic mass is 10.6. The monoisotopic (exact) mass is 341 g/mol. The van der Waals surface area contributed by atoms with E-state index in [4.69, 9.17) is 5.11 Å². The number of hydrogen-bond acceptors (Lipinski definition) is 9. The van der Waals surface area contributed by atoms with Crippen molar-refractivity contribution in [2.75, 3.05) is 51.0 Å². The van der Waals surface area contributed by atoms with Gasteiger partial charge in [-0.1, -0.05) is 5.18 Å². The minimum Gasteiger partial charge on any atom is -0.448 e. The average Bonchev–Trinajstić information content (AvgIpc) is 2.45. The molecule has 0 aromatic heterocycles. The predicted octanol–water partition coefficient (Wildman–Crippen LogP) is -1.39. The third-order valence-electron chi connectivity index (χ3n) is 2.11. The number of carbonyl (C=O) groups is 2. The van der Waals surface area contributed by atoms with Crippen LogP contribution in [0.15, 0.2) is 5.18 Å². The standard InChI is InChI=1S/C10H19N3O8S/c14-4-3-12-10(16)21-6-8-22(18,19)7-5-20-9(15)11-1-2-13-17/h14H,1-8H2,(H,11,15)(H,12,16). The van der Waals surface area contributed by atoms with Crippen molar-refractivity contribution in [1.82, 2.24) is 10.6 Å². The number of hydrogen-bond donors (Lipinski definition) is 3. The Kier molecular flexibility index (Phi) is 10.6. The van der Waals surface area contributed by atoms with E-state index in [0.717, 1.165) is 0 Å². The number of carbonyl (C=O) groups excluding carboxylic acids is 2. The van der Waals surface area contributed by atoms with Crippen LogP contribution in [0.25, 0.3) is 0 Å². The van der Waals surface area contributed by atoms with Gasteiger partial charge in [-0.25, -0.2) is 18.0 Å². The van der Waals surface area contributed by atoms with Crippen molar-refractivity contribution >= 4 is 22.0 Å². The van der Waals surface area contributed by atoms with Gasteiger partial charge in [0.15, 0.2) is 9.84 Å². The number of alkyl carbamates (subject to hydrolysis) is 2. The smallest absolute Gasteiger partial charge is 0.407 e. The summed E-state index contributed by atoms with van der Waals surface area (Å²) >= 11 is 0. The van der Waals surface area contributed by atoms with Crippen molar-refractivity contribution in [3.05, 3.63) is 4.91 Å². The molecule has 0 saturated carbocycles. The van der Waals surface area contributed by atoms with Crippen LogP contribution >= 0.6 is 0 Å². The minimum atomic E-state index is -3.55. The second-order valence-electron chi connectivity index (χ2n) is 3.85. The zero-order valence-electron chi connectivity index (χ0n) is 11.8.